The van der Waals surface area contributed by atoms with Gasteiger partial charge in [0.25, 0.3) is 6.43 Å². The SMILES string of the molecule is C=C(CCC(NC(=O)OC(C)(C)C)C(F)F)CNC(=O)OC(C)(C)C. The zero-order chi connectivity index (χ0) is 19.8. The summed E-state index contributed by atoms with van der Waals surface area (Å²) >= 11 is 0. The van der Waals surface area contributed by atoms with E-state index in [1.807, 2.05) is 0 Å². The van der Waals surface area contributed by atoms with E-state index in [0.29, 0.717) is 5.57 Å². The predicted molar refractivity (Wildman–Crippen MR) is 91.8 cm³/mol. The Bertz CT molecular complexity index is 468. The molecule has 0 aromatic carbocycles. The number of hydrogen-bond donors (Lipinski definition) is 2. The van der Waals surface area contributed by atoms with Gasteiger partial charge in [-0.2, -0.15) is 0 Å². The molecule has 0 heterocycles. The minimum absolute atomic E-state index is 0.0221. The summed E-state index contributed by atoms with van der Waals surface area (Å²) in [5.41, 5.74) is -0.844. The molecule has 0 spiro atoms. The van der Waals surface area contributed by atoms with E-state index >= 15 is 0 Å². The second-order valence-corrected chi connectivity index (χ2v) is 7.73. The quantitative estimate of drug-likeness (QED) is 0.669. The molecule has 0 aliphatic carbocycles. The molecule has 0 aliphatic heterocycles. The van der Waals surface area contributed by atoms with Gasteiger partial charge in [-0.15, -0.1) is 0 Å². The van der Waals surface area contributed by atoms with E-state index < -0.39 is 35.9 Å². The van der Waals surface area contributed by atoms with E-state index in [-0.39, 0.29) is 19.4 Å². The van der Waals surface area contributed by atoms with Crippen molar-refractivity contribution in [2.45, 2.75) is 78.1 Å². The number of alkyl halides is 2. The topological polar surface area (TPSA) is 76.7 Å². The Balaban J connectivity index is 4.32. The Morgan fingerprint density at radius 1 is 1.00 bits per heavy atom. The van der Waals surface area contributed by atoms with Crippen LogP contribution in [0.15, 0.2) is 12.2 Å². The molecule has 146 valence electrons. The minimum atomic E-state index is -2.74. The lowest BCUT2D eigenvalue weighted by molar-refractivity contribution is 0.0365. The van der Waals surface area contributed by atoms with Crippen LogP contribution in [0.3, 0.4) is 0 Å². The largest absolute Gasteiger partial charge is 0.444 e. The van der Waals surface area contributed by atoms with Gasteiger partial charge in [0, 0.05) is 6.54 Å². The molecule has 0 fully saturated rings. The molecule has 0 saturated heterocycles. The Morgan fingerprint density at radius 3 is 1.92 bits per heavy atom. The lowest BCUT2D eigenvalue weighted by Gasteiger charge is -2.23. The van der Waals surface area contributed by atoms with Crippen LogP contribution < -0.4 is 10.6 Å². The lowest BCUT2D eigenvalue weighted by atomic mass is 10.1. The second kappa shape index (κ2) is 9.58. The van der Waals surface area contributed by atoms with Crippen LogP contribution in [0, 0.1) is 0 Å². The Kier molecular flexibility index (Phi) is 8.87. The van der Waals surface area contributed by atoms with Crippen LogP contribution in [0.4, 0.5) is 18.4 Å². The van der Waals surface area contributed by atoms with Gasteiger partial charge in [0.2, 0.25) is 0 Å². The molecule has 1 atom stereocenters. The number of alkyl carbamates (subject to hydrolysis) is 2. The molecule has 2 amide bonds. The molecule has 0 aromatic heterocycles. The van der Waals surface area contributed by atoms with Crippen molar-refractivity contribution in [3.63, 3.8) is 0 Å². The molecule has 1 unspecified atom stereocenters. The number of carbonyl (C=O) groups is 2. The second-order valence-electron chi connectivity index (χ2n) is 7.73. The summed E-state index contributed by atoms with van der Waals surface area (Å²) < 4.78 is 36.1. The normalized spacial score (nSPS) is 13.2. The number of carbonyl (C=O) groups excluding carboxylic acids is 2. The van der Waals surface area contributed by atoms with Crippen molar-refractivity contribution in [1.82, 2.24) is 10.6 Å². The van der Waals surface area contributed by atoms with Crippen LogP contribution in [0.1, 0.15) is 54.4 Å². The summed E-state index contributed by atoms with van der Waals surface area (Å²) in [5, 5.41) is 4.66. The maximum atomic E-state index is 13.1. The fourth-order valence-electron chi connectivity index (χ4n) is 1.68. The van der Waals surface area contributed by atoms with Crippen LogP contribution in [0.2, 0.25) is 0 Å². The van der Waals surface area contributed by atoms with Crippen molar-refractivity contribution in [1.29, 1.82) is 0 Å². The molecule has 25 heavy (non-hydrogen) atoms. The highest BCUT2D eigenvalue weighted by molar-refractivity contribution is 5.68. The van der Waals surface area contributed by atoms with E-state index in [0.717, 1.165) is 0 Å². The van der Waals surface area contributed by atoms with Crippen molar-refractivity contribution in [2.24, 2.45) is 0 Å². The van der Waals surface area contributed by atoms with E-state index in [1.54, 1.807) is 41.5 Å². The zero-order valence-electron chi connectivity index (χ0n) is 15.9. The first-order valence-corrected chi connectivity index (χ1v) is 8.11. The van der Waals surface area contributed by atoms with Gasteiger partial charge in [0.15, 0.2) is 0 Å². The number of nitrogens with one attached hydrogen (secondary N) is 2. The third kappa shape index (κ3) is 13.1. The highest BCUT2D eigenvalue weighted by atomic mass is 19.3. The fraction of sp³-hybridized carbons (Fsp3) is 0.765. The van der Waals surface area contributed by atoms with Crippen molar-refractivity contribution in [2.75, 3.05) is 6.54 Å². The van der Waals surface area contributed by atoms with Gasteiger partial charge in [-0.05, 0) is 54.4 Å². The van der Waals surface area contributed by atoms with Gasteiger partial charge in [-0.25, -0.2) is 18.4 Å². The Morgan fingerprint density at radius 2 is 1.48 bits per heavy atom. The first kappa shape index (κ1) is 23.1. The highest BCUT2D eigenvalue weighted by Crippen LogP contribution is 2.14. The molecule has 2 N–H and O–H groups in total. The Hall–Kier alpha value is -1.86. The van der Waals surface area contributed by atoms with Crippen LogP contribution in [-0.4, -0.2) is 42.4 Å². The number of halogens is 2. The zero-order valence-corrected chi connectivity index (χ0v) is 15.9. The predicted octanol–water partition coefficient (Wildman–Crippen LogP) is 4.01. The van der Waals surface area contributed by atoms with Crippen LogP contribution >= 0.6 is 0 Å². The number of ether oxygens (including phenoxy) is 2. The summed E-state index contributed by atoms with van der Waals surface area (Å²) in [6.07, 6.45) is -4.05. The maximum Gasteiger partial charge on any atom is 0.408 e. The van der Waals surface area contributed by atoms with E-state index in [2.05, 4.69) is 17.2 Å². The maximum absolute atomic E-state index is 13.1. The van der Waals surface area contributed by atoms with Crippen LogP contribution in [0.5, 0.6) is 0 Å². The van der Waals surface area contributed by atoms with Crippen LogP contribution in [-0.2, 0) is 9.47 Å². The van der Waals surface area contributed by atoms with Crippen molar-refractivity contribution >= 4 is 12.2 Å². The third-order valence-electron chi connectivity index (χ3n) is 2.70. The van der Waals surface area contributed by atoms with Crippen LogP contribution in [0.25, 0.3) is 0 Å². The summed E-state index contributed by atoms with van der Waals surface area (Å²) in [5.74, 6) is 0. The summed E-state index contributed by atoms with van der Waals surface area (Å²) in [6, 6.07) is -1.35. The Labute approximate surface area is 148 Å². The lowest BCUT2D eigenvalue weighted by Crippen LogP contribution is -2.43. The molecule has 0 aliphatic rings. The minimum Gasteiger partial charge on any atom is -0.444 e. The first-order chi connectivity index (χ1) is 11.2. The van der Waals surface area contributed by atoms with Gasteiger partial charge in [-0.1, -0.05) is 12.2 Å². The standard InChI is InChI=1S/C17H30F2N2O4/c1-11(10-20-14(22)24-16(2,3)4)8-9-12(13(18)19)21-15(23)25-17(5,6)7/h12-13H,1,8-10H2,2-7H3,(H,20,22)(H,21,23). The average Bonchev–Trinajstić information content (AvgIpc) is 2.36. The van der Waals surface area contributed by atoms with Gasteiger partial charge in [-0.3, -0.25) is 0 Å². The third-order valence-corrected chi connectivity index (χ3v) is 2.70. The van der Waals surface area contributed by atoms with Gasteiger partial charge < -0.3 is 20.1 Å². The molecular formula is C17H30F2N2O4. The molecule has 0 radical (unpaired) electrons. The average molecular weight is 364 g/mol. The van der Waals surface area contributed by atoms with Gasteiger partial charge >= 0.3 is 12.2 Å². The molecule has 0 bridgehead atoms. The van der Waals surface area contributed by atoms with Gasteiger partial charge in [0.05, 0.1) is 6.04 Å². The van der Waals surface area contributed by atoms with E-state index in [4.69, 9.17) is 9.47 Å². The highest BCUT2D eigenvalue weighted by Gasteiger charge is 2.25. The molecule has 6 nitrogen and oxygen atoms in total. The van der Waals surface area contributed by atoms with E-state index in [9.17, 15) is 18.4 Å². The van der Waals surface area contributed by atoms with E-state index in [1.165, 1.54) is 0 Å². The molecular weight excluding hydrogens is 334 g/mol. The first-order valence-electron chi connectivity index (χ1n) is 8.11. The smallest absolute Gasteiger partial charge is 0.408 e. The molecule has 8 heteroatoms. The fourth-order valence-corrected chi connectivity index (χ4v) is 1.68. The molecule has 0 aromatic rings. The van der Waals surface area contributed by atoms with Crippen molar-refractivity contribution < 1.29 is 27.8 Å². The summed E-state index contributed by atoms with van der Waals surface area (Å²) in [4.78, 5) is 23.1. The van der Waals surface area contributed by atoms with Crippen molar-refractivity contribution in [3.05, 3.63) is 12.2 Å². The van der Waals surface area contributed by atoms with Crippen molar-refractivity contribution in [3.8, 4) is 0 Å². The molecule has 0 saturated carbocycles. The number of hydrogen-bond acceptors (Lipinski definition) is 4. The van der Waals surface area contributed by atoms with Gasteiger partial charge in [0.1, 0.15) is 11.2 Å². The summed E-state index contributed by atoms with van der Waals surface area (Å²) in [7, 11) is 0. The number of rotatable bonds is 7. The number of amides is 2. The summed E-state index contributed by atoms with van der Waals surface area (Å²) in [6.45, 7) is 14.0. The molecule has 0 rings (SSSR count). The monoisotopic (exact) mass is 364 g/mol.